The van der Waals surface area contributed by atoms with E-state index >= 15 is 0 Å². The second-order valence-electron chi connectivity index (χ2n) is 28.3. The monoisotopic (exact) mass is 987 g/mol. The molecule has 0 atom stereocenters. The Morgan fingerprint density at radius 1 is 0.240 bits per heavy atom. The Labute approximate surface area is 449 Å². The molecule has 2 heteroatoms. The maximum atomic E-state index is 11.5. The van der Waals surface area contributed by atoms with Crippen molar-refractivity contribution in [3.05, 3.63) is 189 Å². The molecule has 8 aromatic rings. The fourth-order valence-electron chi connectivity index (χ4n) is 13.2. The lowest BCUT2D eigenvalue weighted by molar-refractivity contribution is 0.422. The highest BCUT2D eigenvalue weighted by Gasteiger charge is 2.40. The SMILES string of the molecule is CC(C)(C)c1cc(-c2ccc3c(c2)C(C)(C)c2cc(-c4ccc5c(c4)C(C)(C)c4cc(-c6ccc7c(c6)C(C)(C)c6cc(-c8cc(C(C)(C)C)c(O)c(C(C)(C)C)c8)ccc6-7)ccc4-5)ccc2-3)cc(C(C)(C)C)c1O. The van der Waals surface area contributed by atoms with Gasteiger partial charge in [-0.2, -0.15) is 0 Å². The van der Waals surface area contributed by atoms with Crippen molar-refractivity contribution in [2.45, 2.75) is 163 Å². The maximum absolute atomic E-state index is 11.5. The van der Waals surface area contributed by atoms with E-state index in [9.17, 15) is 10.2 Å². The molecule has 0 radical (unpaired) electrons. The fourth-order valence-corrected chi connectivity index (χ4v) is 13.2. The third-order valence-corrected chi connectivity index (χ3v) is 17.8. The lowest BCUT2D eigenvalue weighted by Crippen LogP contribution is -2.17. The minimum Gasteiger partial charge on any atom is -0.507 e. The quantitative estimate of drug-likeness (QED) is 0.184. The summed E-state index contributed by atoms with van der Waals surface area (Å²) in [4.78, 5) is 0. The summed E-state index contributed by atoms with van der Waals surface area (Å²) >= 11 is 0. The summed E-state index contributed by atoms with van der Waals surface area (Å²) in [7, 11) is 0. The van der Waals surface area contributed by atoms with Crippen LogP contribution in [0.1, 0.15) is 180 Å². The topological polar surface area (TPSA) is 40.5 Å². The van der Waals surface area contributed by atoms with Gasteiger partial charge in [-0.25, -0.2) is 0 Å². The van der Waals surface area contributed by atoms with Gasteiger partial charge < -0.3 is 10.2 Å². The van der Waals surface area contributed by atoms with Gasteiger partial charge in [0.15, 0.2) is 0 Å². The van der Waals surface area contributed by atoms with Crippen LogP contribution < -0.4 is 0 Å². The Balaban J connectivity index is 0.889. The van der Waals surface area contributed by atoms with E-state index in [1.807, 2.05) is 0 Å². The van der Waals surface area contributed by atoms with Gasteiger partial charge in [0.05, 0.1) is 0 Å². The molecule has 0 fully saturated rings. The van der Waals surface area contributed by atoms with Crippen molar-refractivity contribution >= 4 is 0 Å². The zero-order chi connectivity index (χ0) is 54.1. The van der Waals surface area contributed by atoms with Gasteiger partial charge in [-0.05, 0) is 194 Å². The van der Waals surface area contributed by atoms with E-state index in [0.717, 1.165) is 33.4 Å². The van der Waals surface area contributed by atoms with Gasteiger partial charge in [0.2, 0.25) is 0 Å². The molecular weight excluding hydrogens is 909 g/mol. The fraction of sp³-hybridized carbons (Fsp3) is 0.342. The van der Waals surface area contributed by atoms with E-state index in [2.05, 4.69) is 258 Å². The van der Waals surface area contributed by atoms with Gasteiger partial charge in [-0.15, -0.1) is 0 Å². The van der Waals surface area contributed by atoms with Gasteiger partial charge in [0, 0.05) is 38.5 Å². The average Bonchev–Trinajstić information content (AvgIpc) is 3.84. The van der Waals surface area contributed by atoms with Crippen molar-refractivity contribution in [3.63, 3.8) is 0 Å². The van der Waals surface area contributed by atoms with E-state index in [4.69, 9.17) is 0 Å². The van der Waals surface area contributed by atoms with Gasteiger partial charge >= 0.3 is 0 Å². The molecule has 0 saturated heterocycles. The van der Waals surface area contributed by atoms with Crippen molar-refractivity contribution in [1.29, 1.82) is 0 Å². The Kier molecular flexibility index (Phi) is 10.9. The van der Waals surface area contributed by atoms with Gasteiger partial charge in [0.1, 0.15) is 11.5 Å². The molecule has 0 unspecified atom stereocenters. The highest BCUT2D eigenvalue weighted by Crippen LogP contribution is 2.56. The van der Waals surface area contributed by atoms with Crippen LogP contribution in [-0.2, 0) is 37.9 Å². The molecule has 75 heavy (non-hydrogen) atoms. The lowest BCUT2D eigenvalue weighted by atomic mass is 9.77. The average molecular weight is 987 g/mol. The van der Waals surface area contributed by atoms with Gasteiger partial charge in [-0.3, -0.25) is 0 Å². The number of phenolic OH excluding ortho intramolecular Hbond substituents is 2. The number of hydrogen-bond acceptors (Lipinski definition) is 2. The van der Waals surface area contributed by atoms with E-state index < -0.39 is 0 Å². The summed E-state index contributed by atoms with van der Waals surface area (Å²) in [6.07, 6.45) is 0. The first kappa shape index (κ1) is 50.5. The van der Waals surface area contributed by atoms with Crippen LogP contribution in [0, 0.1) is 0 Å². The first-order valence-corrected chi connectivity index (χ1v) is 27.4. The van der Waals surface area contributed by atoms with E-state index in [0.29, 0.717) is 11.5 Å². The summed E-state index contributed by atoms with van der Waals surface area (Å²) in [5, 5.41) is 23.0. The standard InChI is InChI=1S/C73H78O2/c1-67(2,3)61-37-47(38-62(65(61)74)68(4,5)6)45-23-29-53-51-27-21-43(33-57(51)72(15,16)59(53)35-45)41-19-25-49-50-26-20-42(32-56(50)71(13,14)55(49)31-41)44-22-28-52-54-30-24-46(36-60(54)73(17,18)58(52)34-44)48-39-63(69(7,8)9)66(75)64(40-48)70(10,11)12/h19-40,74-75H,1-18H3. The zero-order valence-corrected chi connectivity index (χ0v) is 48.1. The number of benzene rings is 8. The Morgan fingerprint density at radius 2 is 0.400 bits per heavy atom. The zero-order valence-electron chi connectivity index (χ0n) is 48.1. The number of phenols is 2. The summed E-state index contributed by atoms with van der Waals surface area (Å²) < 4.78 is 0. The third kappa shape index (κ3) is 7.86. The predicted molar refractivity (Wildman–Crippen MR) is 319 cm³/mol. The minimum atomic E-state index is -0.199. The molecule has 0 amide bonds. The second kappa shape index (κ2) is 16.2. The van der Waals surface area contributed by atoms with Gasteiger partial charge in [0.25, 0.3) is 0 Å². The number of fused-ring (bicyclic) bond motifs is 9. The van der Waals surface area contributed by atoms with Crippen molar-refractivity contribution < 1.29 is 10.2 Å². The molecule has 0 aromatic heterocycles. The van der Waals surface area contributed by atoms with Crippen LogP contribution in [0.3, 0.4) is 0 Å². The van der Waals surface area contributed by atoms with E-state index in [1.54, 1.807) is 0 Å². The first-order valence-electron chi connectivity index (χ1n) is 27.4. The van der Waals surface area contributed by atoms with Crippen LogP contribution in [0.25, 0.3) is 77.9 Å². The largest absolute Gasteiger partial charge is 0.507 e. The predicted octanol–water partition coefficient (Wildman–Crippen LogP) is 19.9. The Hall–Kier alpha value is -6.64. The van der Waals surface area contributed by atoms with Crippen molar-refractivity contribution in [2.24, 2.45) is 0 Å². The number of rotatable bonds is 4. The summed E-state index contributed by atoms with van der Waals surface area (Å²) in [6.45, 7) is 40.5. The molecule has 11 rings (SSSR count). The van der Waals surface area contributed by atoms with Crippen LogP contribution >= 0.6 is 0 Å². The molecule has 0 spiro atoms. The van der Waals surface area contributed by atoms with Crippen LogP contribution in [0.5, 0.6) is 11.5 Å². The first-order chi connectivity index (χ1) is 34.8. The van der Waals surface area contributed by atoms with Gasteiger partial charge in [-0.1, -0.05) is 197 Å². The van der Waals surface area contributed by atoms with Crippen molar-refractivity contribution in [3.8, 4) is 89.4 Å². The highest BCUT2D eigenvalue weighted by molar-refractivity contribution is 5.91. The molecule has 2 nitrogen and oxygen atoms in total. The molecule has 0 heterocycles. The maximum Gasteiger partial charge on any atom is 0.123 e. The summed E-state index contributed by atoms with van der Waals surface area (Å²) in [6, 6.07) is 51.4. The number of aromatic hydroxyl groups is 2. The molecular formula is C73H78O2. The number of hydrogen-bond donors (Lipinski definition) is 2. The molecule has 0 saturated carbocycles. The minimum absolute atomic E-state index is 0.191. The molecule has 0 aliphatic heterocycles. The highest BCUT2D eigenvalue weighted by atomic mass is 16.3. The van der Waals surface area contributed by atoms with Crippen LogP contribution in [0.2, 0.25) is 0 Å². The van der Waals surface area contributed by atoms with E-state index in [1.165, 1.54) is 100 Å². The summed E-state index contributed by atoms with van der Waals surface area (Å²) in [5.74, 6) is 0.838. The lowest BCUT2D eigenvalue weighted by Gasteiger charge is -2.28. The molecule has 382 valence electrons. The Morgan fingerprint density at radius 3 is 0.560 bits per heavy atom. The summed E-state index contributed by atoms with van der Waals surface area (Å²) in [5.41, 5.74) is 28.3. The second-order valence-corrected chi connectivity index (χ2v) is 28.3. The molecule has 8 aromatic carbocycles. The van der Waals surface area contributed by atoms with Crippen LogP contribution in [0.15, 0.2) is 133 Å². The van der Waals surface area contributed by atoms with Crippen molar-refractivity contribution in [2.75, 3.05) is 0 Å². The molecule has 3 aliphatic rings. The van der Waals surface area contributed by atoms with Crippen molar-refractivity contribution in [1.82, 2.24) is 0 Å². The third-order valence-electron chi connectivity index (χ3n) is 17.8. The normalized spacial score (nSPS) is 15.8. The Bertz CT molecular complexity index is 3410. The molecule has 2 N–H and O–H groups in total. The van der Waals surface area contributed by atoms with E-state index in [-0.39, 0.29) is 37.9 Å². The molecule has 3 aliphatic carbocycles. The van der Waals surface area contributed by atoms with Crippen LogP contribution in [-0.4, -0.2) is 10.2 Å². The molecule has 0 bridgehead atoms. The van der Waals surface area contributed by atoms with Crippen LogP contribution in [0.4, 0.5) is 0 Å². The smallest absolute Gasteiger partial charge is 0.123 e.